The predicted molar refractivity (Wildman–Crippen MR) is 344 cm³/mol. The minimum atomic E-state index is 0.260. The average Bonchev–Trinajstić information content (AvgIpc) is 3.64. The molecule has 9 rings (SSSR count). The van der Waals surface area contributed by atoms with Crippen molar-refractivity contribution >= 4 is 0 Å². The summed E-state index contributed by atoms with van der Waals surface area (Å²) in [4.78, 5) is 0. The maximum absolute atomic E-state index is 10.2. The molecule has 0 saturated heterocycles. The van der Waals surface area contributed by atoms with Gasteiger partial charge in [-0.3, -0.25) is 0 Å². The number of benzene rings is 9. The summed E-state index contributed by atoms with van der Waals surface area (Å²) in [6.07, 6.45) is 28.9. The van der Waals surface area contributed by atoms with Crippen LogP contribution in [0.25, 0.3) is 89.0 Å². The summed E-state index contributed by atoms with van der Waals surface area (Å²) < 4.78 is 0. The first kappa shape index (κ1) is 57.3. The summed E-state index contributed by atoms with van der Waals surface area (Å²) in [5.74, 6) is 0.520. The van der Waals surface area contributed by atoms with E-state index in [0.29, 0.717) is 0 Å². The number of hydrogen-bond donors (Lipinski definition) is 2. The summed E-state index contributed by atoms with van der Waals surface area (Å²) in [5, 5.41) is 20.4. The van der Waals surface area contributed by atoms with Crippen LogP contribution in [0.5, 0.6) is 11.5 Å². The minimum Gasteiger partial charge on any atom is -0.508 e. The first-order valence-electron chi connectivity index (χ1n) is 30.8. The van der Waals surface area contributed by atoms with Gasteiger partial charge in [0.2, 0.25) is 0 Å². The fourth-order valence-electron chi connectivity index (χ4n) is 12.0. The largest absolute Gasteiger partial charge is 0.508 e. The molecule has 0 saturated carbocycles. The van der Waals surface area contributed by atoms with E-state index in [1.807, 2.05) is 24.3 Å². The molecule has 0 amide bonds. The molecule has 0 radical (unpaired) electrons. The number of rotatable bonds is 30. The predicted octanol–water partition coefficient (Wildman–Crippen LogP) is 23.4. The van der Waals surface area contributed by atoms with Crippen molar-refractivity contribution in [1.82, 2.24) is 0 Å². The van der Waals surface area contributed by atoms with Gasteiger partial charge >= 0.3 is 0 Å². The van der Waals surface area contributed by atoms with Gasteiger partial charge < -0.3 is 10.2 Å². The van der Waals surface area contributed by atoms with E-state index in [-0.39, 0.29) is 11.5 Å². The molecule has 0 spiro atoms. The molecule has 0 heterocycles. The molecule has 0 aromatic heterocycles. The van der Waals surface area contributed by atoms with Gasteiger partial charge in [0.1, 0.15) is 11.5 Å². The number of aromatic hydroxyl groups is 2. The third kappa shape index (κ3) is 15.5. The summed E-state index contributed by atoms with van der Waals surface area (Å²) in [6.45, 7) is 4.59. The number of aryl methyl sites for hydroxylation is 2. The average molecular weight is 1060 g/mol. The van der Waals surface area contributed by atoms with Gasteiger partial charge in [0, 0.05) is 0 Å². The van der Waals surface area contributed by atoms with Crippen LogP contribution >= 0.6 is 0 Å². The van der Waals surface area contributed by atoms with E-state index in [1.165, 1.54) is 184 Å². The molecule has 0 aliphatic heterocycles. The zero-order chi connectivity index (χ0) is 55.1. The van der Waals surface area contributed by atoms with E-state index < -0.39 is 0 Å². The van der Waals surface area contributed by atoms with Crippen molar-refractivity contribution in [3.05, 3.63) is 217 Å². The lowest BCUT2D eigenvalue weighted by atomic mass is 9.74. The molecule has 9 aromatic rings. The van der Waals surface area contributed by atoms with Crippen LogP contribution in [0.3, 0.4) is 0 Å². The second kappa shape index (κ2) is 30.2. The first-order valence-corrected chi connectivity index (χ1v) is 30.8. The van der Waals surface area contributed by atoms with Crippen LogP contribution < -0.4 is 0 Å². The number of unbranched alkanes of at least 4 members (excludes halogenated alkanes) is 18. The Morgan fingerprint density at radius 2 is 0.400 bits per heavy atom. The topological polar surface area (TPSA) is 40.5 Å². The smallest absolute Gasteiger partial charge is 0.115 e. The maximum Gasteiger partial charge on any atom is 0.115 e. The van der Waals surface area contributed by atoms with Crippen LogP contribution in [-0.2, 0) is 12.8 Å². The highest BCUT2D eigenvalue weighted by Gasteiger charge is 2.29. The van der Waals surface area contributed by atoms with Gasteiger partial charge in [0.15, 0.2) is 0 Å². The fraction of sp³-hybridized carbons (Fsp3) is 0.308. The van der Waals surface area contributed by atoms with Crippen LogP contribution in [-0.4, -0.2) is 10.2 Å². The summed E-state index contributed by atoms with van der Waals surface area (Å²) in [5.41, 5.74) is 21.3. The van der Waals surface area contributed by atoms with E-state index in [1.54, 1.807) is 24.3 Å². The zero-order valence-corrected chi connectivity index (χ0v) is 48.1. The molecule has 9 aromatic carbocycles. The highest BCUT2D eigenvalue weighted by Crippen LogP contribution is 2.56. The molecule has 0 atom stereocenters. The SMILES string of the molecule is CCCCCCCCCCCCc1ccc(-c2c(-c3ccccc3)c(-c3ccc(-c4ccc(O)cc4)cc3)c(-c3ccc(-c4ccc(O)cc4)cc3)c(-c3ccccc3)c2-c2ccc(CCCCCCCCCCCC)cc2)cc1. The molecular weight excluding hydrogens is 969 g/mol. The molecule has 2 heteroatoms. The standard InChI is InChI=1S/C78H86O2/c1-3-5-7-9-11-13-15-17-19-23-29-59-35-39-67(40-36-59)75-73(65-31-25-21-26-32-65)77(69-47-43-61(44-48-69)63-51-55-71(79)56-52-63)78(70-49-45-62(46-50-70)64-53-57-72(80)58-54-64)74(66-33-27-22-28-34-66)76(75)68-41-37-60(38-42-68)30-24-20-18-16-14-12-10-8-6-4-2/h21-22,25-28,31-58,79-80H,3-20,23-24,29-30H2,1-2H3. The van der Waals surface area contributed by atoms with Gasteiger partial charge in [-0.2, -0.15) is 0 Å². The lowest BCUT2D eigenvalue weighted by Gasteiger charge is -2.29. The Morgan fingerprint density at radius 1 is 0.200 bits per heavy atom. The van der Waals surface area contributed by atoms with Crippen LogP contribution in [0.2, 0.25) is 0 Å². The molecule has 80 heavy (non-hydrogen) atoms. The third-order valence-electron chi connectivity index (χ3n) is 16.5. The van der Waals surface area contributed by atoms with E-state index in [0.717, 1.165) is 57.3 Å². The highest BCUT2D eigenvalue weighted by atomic mass is 16.3. The summed E-state index contributed by atoms with van der Waals surface area (Å²) in [7, 11) is 0. The van der Waals surface area contributed by atoms with Crippen molar-refractivity contribution in [3.63, 3.8) is 0 Å². The van der Waals surface area contributed by atoms with E-state index >= 15 is 0 Å². The molecule has 0 bridgehead atoms. The number of phenols is 2. The van der Waals surface area contributed by atoms with Gasteiger partial charge in [-0.05, 0) is 150 Å². The Bertz CT molecular complexity index is 3000. The molecule has 410 valence electrons. The molecule has 2 nitrogen and oxygen atoms in total. The van der Waals surface area contributed by atoms with Gasteiger partial charge in [-0.25, -0.2) is 0 Å². The van der Waals surface area contributed by atoms with Crippen LogP contribution in [0.1, 0.15) is 153 Å². The number of phenolic OH excluding ortho intramolecular Hbond substituents is 2. The Hall–Kier alpha value is -7.42. The van der Waals surface area contributed by atoms with Crippen molar-refractivity contribution in [3.8, 4) is 101 Å². The van der Waals surface area contributed by atoms with E-state index in [9.17, 15) is 10.2 Å². The third-order valence-corrected chi connectivity index (χ3v) is 16.5. The fourth-order valence-corrected chi connectivity index (χ4v) is 12.0. The number of hydrogen-bond acceptors (Lipinski definition) is 2. The summed E-state index contributed by atoms with van der Waals surface area (Å²) in [6, 6.07) is 74.6. The van der Waals surface area contributed by atoms with Crippen molar-refractivity contribution in [2.45, 2.75) is 155 Å². The molecule has 0 unspecified atom stereocenters. The second-order valence-corrected chi connectivity index (χ2v) is 22.5. The highest BCUT2D eigenvalue weighted by molar-refractivity contribution is 6.15. The zero-order valence-electron chi connectivity index (χ0n) is 48.1. The van der Waals surface area contributed by atoms with Gasteiger partial charge in [0.25, 0.3) is 0 Å². The lowest BCUT2D eigenvalue weighted by molar-refractivity contribution is 0.475. The molecule has 2 N–H and O–H groups in total. The Morgan fingerprint density at radius 3 is 0.662 bits per heavy atom. The maximum atomic E-state index is 10.2. The Kier molecular flexibility index (Phi) is 21.7. The molecular formula is C78H86O2. The van der Waals surface area contributed by atoms with Crippen LogP contribution in [0.15, 0.2) is 206 Å². The second-order valence-electron chi connectivity index (χ2n) is 22.5. The summed E-state index contributed by atoms with van der Waals surface area (Å²) >= 11 is 0. The normalized spacial score (nSPS) is 11.3. The Labute approximate surface area is 480 Å². The molecule has 0 aliphatic rings. The Balaban J connectivity index is 1.20. The quantitative estimate of drug-likeness (QED) is 0.0441. The van der Waals surface area contributed by atoms with Crippen LogP contribution in [0.4, 0.5) is 0 Å². The van der Waals surface area contributed by atoms with Gasteiger partial charge in [-0.15, -0.1) is 0 Å². The van der Waals surface area contributed by atoms with E-state index in [4.69, 9.17) is 0 Å². The van der Waals surface area contributed by atoms with Crippen molar-refractivity contribution in [2.24, 2.45) is 0 Å². The van der Waals surface area contributed by atoms with Gasteiger partial charge in [-0.1, -0.05) is 311 Å². The lowest BCUT2D eigenvalue weighted by Crippen LogP contribution is -2.02. The first-order chi connectivity index (χ1) is 39.5. The van der Waals surface area contributed by atoms with Crippen molar-refractivity contribution in [1.29, 1.82) is 0 Å². The molecule has 0 aliphatic carbocycles. The van der Waals surface area contributed by atoms with Crippen LogP contribution in [0, 0.1) is 0 Å². The van der Waals surface area contributed by atoms with Crippen molar-refractivity contribution in [2.75, 3.05) is 0 Å². The van der Waals surface area contributed by atoms with Gasteiger partial charge in [0.05, 0.1) is 0 Å². The van der Waals surface area contributed by atoms with Crippen molar-refractivity contribution < 1.29 is 10.2 Å². The molecule has 0 fully saturated rings. The minimum absolute atomic E-state index is 0.260. The monoisotopic (exact) mass is 1050 g/mol. The van der Waals surface area contributed by atoms with E-state index in [2.05, 4.69) is 172 Å².